The van der Waals surface area contributed by atoms with Gasteiger partial charge in [-0.15, -0.1) is 0 Å². The van der Waals surface area contributed by atoms with Crippen LogP contribution in [0.25, 0.3) is 0 Å². The molecule has 12 heteroatoms. The predicted octanol–water partition coefficient (Wildman–Crippen LogP) is 1.81. The summed E-state index contributed by atoms with van der Waals surface area (Å²) in [4.78, 5) is 51.4. The molecule has 0 aromatic heterocycles. The highest BCUT2D eigenvalue weighted by atomic mass is 16.5. The van der Waals surface area contributed by atoms with Gasteiger partial charge in [-0.3, -0.25) is 19.4 Å². The third-order valence-electron chi connectivity index (χ3n) is 5.47. The first-order valence-corrected chi connectivity index (χ1v) is 10.7. The van der Waals surface area contributed by atoms with Crippen molar-refractivity contribution in [1.82, 2.24) is 5.01 Å². The zero-order valence-electron chi connectivity index (χ0n) is 19.3. The largest absolute Gasteiger partial charge is 0.493 e. The topological polar surface area (TPSA) is 139 Å². The number of ether oxygens (including phenoxy) is 3. The number of esters is 1. The molecule has 2 aliphatic rings. The Labute approximate surface area is 200 Å². The number of nitrogens with one attached hydrogen (secondary N) is 1. The highest BCUT2D eigenvalue weighted by molar-refractivity contribution is 6.25. The molecule has 0 saturated carbocycles. The molecule has 1 N–H and O–H groups in total. The highest BCUT2D eigenvalue weighted by Gasteiger charge is 2.55. The second kappa shape index (κ2) is 9.79. The van der Waals surface area contributed by atoms with Crippen LogP contribution >= 0.6 is 0 Å². The summed E-state index contributed by atoms with van der Waals surface area (Å²) in [7, 11) is 2.93. The van der Waals surface area contributed by atoms with Crippen molar-refractivity contribution >= 4 is 35.1 Å². The van der Waals surface area contributed by atoms with E-state index >= 15 is 0 Å². The molecular formula is C23H23N5O7. The smallest absolute Gasteiger partial charge is 0.338 e. The standard InChI is InChI=1S/C23H23N5O7/c1-4-35-23(32)13-5-7-14(8-6-13)24-18(29)12-27-20-19(25-26-27)21(30)28(22(20)31)15-9-10-16(33-2)17(11-15)34-3/h5-11,19-20H,4,12H2,1-3H3,(H,24,29)/t19-,20+/m0/s1. The van der Waals surface area contributed by atoms with Crippen molar-refractivity contribution in [1.29, 1.82) is 0 Å². The molecule has 4 rings (SSSR count). The maximum absolute atomic E-state index is 13.2. The minimum Gasteiger partial charge on any atom is -0.493 e. The average Bonchev–Trinajstić information content (AvgIpc) is 3.38. The lowest BCUT2D eigenvalue weighted by atomic mass is 10.1. The fourth-order valence-electron chi connectivity index (χ4n) is 3.82. The second-order valence-corrected chi connectivity index (χ2v) is 7.59. The van der Waals surface area contributed by atoms with Crippen LogP contribution in [0.4, 0.5) is 11.4 Å². The molecule has 0 unspecified atom stereocenters. The molecule has 2 aromatic carbocycles. The van der Waals surface area contributed by atoms with Crippen molar-refractivity contribution in [3.8, 4) is 11.5 Å². The van der Waals surface area contributed by atoms with Crippen LogP contribution in [0.1, 0.15) is 17.3 Å². The summed E-state index contributed by atoms with van der Waals surface area (Å²) in [5.41, 5.74) is 1.09. The van der Waals surface area contributed by atoms with Crippen LogP contribution in [-0.4, -0.2) is 68.2 Å². The molecule has 0 spiro atoms. The summed E-state index contributed by atoms with van der Waals surface area (Å²) in [5.74, 6) is -1.23. The van der Waals surface area contributed by atoms with Crippen LogP contribution in [-0.2, 0) is 19.1 Å². The predicted molar refractivity (Wildman–Crippen MR) is 122 cm³/mol. The van der Waals surface area contributed by atoms with Gasteiger partial charge in [0.05, 0.1) is 32.1 Å². The Morgan fingerprint density at radius 1 is 1.00 bits per heavy atom. The van der Waals surface area contributed by atoms with Gasteiger partial charge in [0.25, 0.3) is 11.8 Å². The number of fused-ring (bicyclic) bond motifs is 1. The summed E-state index contributed by atoms with van der Waals surface area (Å²) < 4.78 is 15.4. The lowest BCUT2D eigenvalue weighted by Gasteiger charge is -2.20. The fraction of sp³-hybridized carbons (Fsp3) is 0.304. The summed E-state index contributed by atoms with van der Waals surface area (Å²) in [6.07, 6.45) is 0. The molecule has 12 nitrogen and oxygen atoms in total. The number of hydrogen-bond acceptors (Lipinski definition) is 10. The van der Waals surface area contributed by atoms with Gasteiger partial charge < -0.3 is 19.5 Å². The Morgan fingerprint density at radius 2 is 1.71 bits per heavy atom. The van der Waals surface area contributed by atoms with E-state index in [0.29, 0.717) is 28.4 Å². The molecule has 182 valence electrons. The first-order valence-electron chi connectivity index (χ1n) is 10.7. The van der Waals surface area contributed by atoms with E-state index in [1.165, 1.54) is 37.4 Å². The molecule has 0 aliphatic carbocycles. The van der Waals surface area contributed by atoms with Crippen molar-refractivity contribution in [2.24, 2.45) is 10.3 Å². The number of nitrogens with zero attached hydrogens (tertiary/aromatic N) is 4. The number of imide groups is 1. The van der Waals surface area contributed by atoms with E-state index < -0.39 is 35.8 Å². The second-order valence-electron chi connectivity index (χ2n) is 7.59. The average molecular weight is 481 g/mol. The van der Waals surface area contributed by atoms with Crippen molar-refractivity contribution in [2.45, 2.75) is 19.0 Å². The molecule has 1 saturated heterocycles. The molecule has 3 amide bonds. The highest BCUT2D eigenvalue weighted by Crippen LogP contribution is 2.36. The summed E-state index contributed by atoms with van der Waals surface area (Å²) >= 11 is 0. The lowest BCUT2D eigenvalue weighted by Crippen LogP contribution is -2.43. The van der Waals surface area contributed by atoms with Crippen LogP contribution in [0.5, 0.6) is 11.5 Å². The van der Waals surface area contributed by atoms with E-state index in [0.717, 1.165) is 4.90 Å². The Bertz CT molecular complexity index is 1200. The first-order chi connectivity index (χ1) is 16.9. The van der Waals surface area contributed by atoms with Crippen LogP contribution < -0.4 is 19.7 Å². The quantitative estimate of drug-likeness (QED) is 0.445. The molecule has 2 aliphatic heterocycles. The van der Waals surface area contributed by atoms with Crippen molar-refractivity contribution < 1.29 is 33.4 Å². The first kappa shape index (κ1) is 23.7. The lowest BCUT2D eigenvalue weighted by molar-refractivity contribution is -0.123. The van der Waals surface area contributed by atoms with Gasteiger partial charge in [0.15, 0.2) is 23.6 Å². The Hall–Kier alpha value is -4.48. The Balaban J connectivity index is 1.44. The number of hydrogen-bond donors (Lipinski definition) is 1. The zero-order valence-corrected chi connectivity index (χ0v) is 19.3. The van der Waals surface area contributed by atoms with E-state index in [4.69, 9.17) is 14.2 Å². The number of rotatable bonds is 8. The number of methoxy groups -OCH3 is 2. The maximum atomic E-state index is 13.2. The number of carbonyl (C=O) groups is 4. The van der Waals surface area contributed by atoms with Gasteiger partial charge in [-0.25, -0.2) is 9.69 Å². The van der Waals surface area contributed by atoms with Gasteiger partial charge in [0.2, 0.25) is 5.91 Å². The van der Waals surface area contributed by atoms with Gasteiger partial charge >= 0.3 is 5.97 Å². The van der Waals surface area contributed by atoms with Crippen molar-refractivity contribution in [3.05, 3.63) is 48.0 Å². The number of anilines is 2. The molecule has 2 heterocycles. The van der Waals surface area contributed by atoms with Crippen molar-refractivity contribution in [3.63, 3.8) is 0 Å². The number of carbonyl (C=O) groups excluding carboxylic acids is 4. The number of benzene rings is 2. The van der Waals surface area contributed by atoms with E-state index in [-0.39, 0.29) is 13.2 Å². The zero-order chi connectivity index (χ0) is 25.1. The summed E-state index contributed by atoms with van der Waals surface area (Å²) in [6.45, 7) is 1.67. The molecule has 1 fully saturated rings. The minimum atomic E-state index is -1.05. The van der Waals surface area contributed by atoms with Gasteiger partial charge in [-0.2, -0.15) is 5.11 Å². The number of amides is 3. The fourth-order valence-corrected chi connectivity index (χ4v) is 3.82. The summed E-state index contributed by atoms with van der Waals surface area (Å²) in [6, 6.07) is 8.75. The monoisotopic (exact) mass is 481 g/mol. The summed E-state index contributed by atoms with van der Waals surface area (Å²) in [5, 5.41) is 11.7. The van der Waals surface area contributed by atoms with E-state index in [1.54, 1.807) is 31.2 Å². The molecule has 35 heavy (non-hydrogen) atoms. The van der Waals surface area contributed by atoms with E-state index in [1.807, 2.05) is 0 Å². The van der Waals surface area contributed by atoms with Gasteiger partial charge in [0.1, 0.15) is 6.54 Å². The van der Waals surface area contributed by atoms with Gasteiger partial charge in [0, 0.05) is 11.8 Å². The van der Waals surface area contributed by atoms with Gasteiger partial charge in [-0.05, 0) is 43.3 Å². The Morgan fingerprint density at radius 3 is 2.37 bits per heavy atom. The SMILES string of the molecule is CCOC(=O)c1ccc(NC(=O)CN2N=N[C@@H]3C(=O)N(c4ccc(OC)c(OC)c4)C(=O)[C@@H]32)cc1. The van der Waals surface area contributed by atoms with Crippen molar-refractivity contribution in [2.75, 3.05) is 37.6 Å². The van der Waals surface area contributed by atoms with Crippen LogP contribution in [0.15, 0.2) is 52.8 Å². The van der Waals surface area contributed by atoms with Gasteiger partial charge in [-0.1, -0.05) is 5.22 Å². The Kier molecular flexibility index (Phi) is 6.62. The maximum Gasteiger partial charge on any atom is 0.338 e. The van der Waals surface area contributed by atoms with Crippen LogP contribution in [0.2, 0.25) is 0 Å². The molecule has 0 radical (unpaired) electrons. The third kappa shape index (κ3) is 4.50. The molecular weight excluding hydrogens is 458 g/mol. The molecule has 2 aromatic rings. The molecule has 2 atom stereocenters. The van der Waals surface area contributed by atoms with Crippen LogP contribution in [0.3, 0.4) is 0 Å². The van der Waals surface area contributed by atoms with E-state index in [9.17, 15) is 19.2 Å². The minimum absolute atomic E-state index is 0.258. The van der Waals surface area contributed by atoms with E-state index in [2.05, 4.69) is 15.7 Å². The normalized spacial score (nSPS) is 18.5. The molecule has 0 bridgehead atoms. The van der Waals surface area contributed by atoms with Crippen LogP contribution in [0, 0.1) is 0 Å². The third-order valence-corrected chi connectivity index (χ3v) is 5.47.